The van der Waals surface area contributed by atoms with Gasteiger partial charge in [-0.05, 0) is 53.3 Å². The van der Waals surface area contributed by atoms with E-state index in [2.05, 4.69) is 131 Å². The van der Waals surface area contributed by atoms with Crippen LogP contribution in [0.25, 0.3) is 39.2 Å². The number of rotatable bonds is 4. The highest BCUT2D eigenvalue weighted by atomic mass is 15.3. The summed E-state index contributed by atoms with van der Waals surface area (Å²) in [5, 5.41) is 4.80. The standard InChI is InChI=1S/C34H27N3/c1-2-9-24(10-3-1)25-17-19-26(20-18-25)27-11-8-12-28(23-27)31-21-22-35-34(36-31)37-32-15-6-4-13-29(32)30-14-5-7-16-33(30)37/h1-6,8-15,17-23,34-35H,7,16H2. The lowest BCUT2D eigenvalue weighted by Crippen LogP contribution is -2.27. The zero-order valence-corrected chi connectivity index (χ0v) is 20.5. The van der Waals surface area contributed by atoms with Gasteiger partial charge in [0.1, 0.15) is 0 Å². The maximum Gasteiger partial charge on any atom is 0.200 e. The van der Waals surface area contributed by atoms with Crippen LogP contribution in [0, 0.1) is 0 Å². The molecule has 1 unspecified atom stereocenters. The van der Waals surface area contributed by atoms with Crippen LogP contribution in [0.5, 0.6) is 0 Å². The maximum absolute atomic E-state index is 5.20. The summed E-state index contributed by atoms with van der Waals surface area (Å²) in [5.74, 6) is 0. The van der Waals surface area contributed by atoms with Crippen LogP contribution in [0.4, 0.5) is 0 Å². The van der Waals surface area contributed by atoms with Gasteiger partial charge in [-0.15, -0.1) is 0 Å². The predicted molar refractivity (Wildman–Crippen MR) is 154 cm³/mol. The Morgan fingerprint density at radius 1 is 0.676 bits per heavy atom. The van der Waals surface area contributed by atoms with E-state index in [1.165, 1.54) is 44.4 Å². The van der Waals surface area contributed by atoms with Crippen molar-refractivity contribution >= 4 is 22.7 Å². The summed E-state index contributed by atoms with van der Waals surface area (Å²) in [4.78, 5) is 5.20. The van der Waals surface area contributed by atoms with E-state index in [0.717, 1.165) is 24.1 Å². The minimum absolute atomic E-state index is 0.172. The molecule has 0 radical (unpaired) electrons. The number of nitrogens with zero attached hydrogens (tertiary/aromatic N) is 2. The first kappa shape index (κ1) is 21.6. The Labute approximate surface area is 217 Å². The fourth-order valence-corrected chi connectivity index (χ4v) is 5.56. The quantitative estimate of drug-likeness (QED) is 0.279. The average Bonchev–Trinajstić information content (AvgIpc) is 3.32. The molecule has 1 atom stereocenters. The molecule has 37 heavy (non-hydrogen) atoms. The molecule has 3 nitrogen and oxygen atoms in total. The van der Waals surface area contributed by atoms with E-state index in [1.807, 2.05) is 6.20 Å². The number of hydrogen-bond acceptors (Lipinski definition) is 2. The smallest absolute Gasteiger partial charge is 0.200 e. The number of benzene rings is 4. The van der Waals surface area contributed by atoms with Crippen molar-refractivity contribution in [3.8, 4) is 22.3 Å². The predicted octanol–water partition coefficient (Wildman–Crippen LogP) is 8.00. The molecule has 1 N–H and O–H groups in total. The first-order valence-corrected chi connectivity index (χ1v) is 12.9. The van der Waals surface area contributed by atoms with Gasteiger partial charge < -0.3 is 9.88 Å². The van der Waals surface area contributed by atoms with Gasteiger partial charge >= 0.3 is 0 Å². The summed E-state index contributed by atoms with van der Waals surface area (Å²) in [6.45, 7) is 0. The monoisotopic (exact) mass is 477 g/mol. The molecule has 0 spiro atoms. The minimum Gasteiger partial charge on any atom is -0.353 e. The molecule has 0 saturated carbocycles. The van der Waals surface area contributed by atoms with Gasteiger partial charge in [-0.2, -0.15) is 0 Å². The van der Waals surface area contributed by atoms with E-state index < -0.39 is 0 Å². The Balaban J connectivity index is 1.24. The molecule has 3 heteroatoms. The molecule has 5 aromatic rings. The summed E-state index contributed by atoms with van der Waals surface area (Å²) < 4.78 is 2.38. The van der Waals surface area contributed by atoms with Crippen LogP contribution in [-0.4, -0.2) is 10.3 Å². The van der Waals surface area contributed by atoms with Gasteiger partial charge in [-0.3, -0.25) is 0 Å². The van der Waals surface area contributed by atoms with E-state index in [-0.39, 0.29) is 6.29 Å². The van der Waals surface area contributed by atoms with Crippen LogP contribution < -0.4 is 5.32 Å². The van der Waals surface area contributed by atoms with Crippen molar-refractivity contribution in [3.63, 3.8) is 0 Å². The van der Waals surface area contributed by atoms with Gasteiger partial charge in [0, 0.05) is 28.4 Å². The van der Waals surface area contributed by atoms with Crippen LogP contribution in [0.2, 0.25) is 0 Å². The molecule has 0 fully saturated rings. The normalized spacial score (nSPS) is 16.3. The van der Waals surface area contributed by atoms with Crippen molar-refractivity contribution in [1.82, 2.24) is 9.88 Å². The fraction of sp³-hybridized carbons (Fsp3) is 0.0882. The number of hydrogen-bond donors (Lipinski definition) is 1. The third-order valence-electron chi connectivity index (χ3n) is 7.36. The average molecular weight is 478 g/mol. The van der Waals surface area contributed by atoms with Gasteiger partial charge in [0.15, 0.2) is 0 Å². The summed E-state index contributed by atoms with van der Waals surface area (Å²) in [5.41, 5.74) is 10.9. The van der Waals surface area contributed by atoms with Crippen molar-refractivity contribution in [2.24, 2.45) is 4.99 Å². The molecule has 4 aromatic carbocycles. The first-order valence-electron chi connectivity index (χ1n) is 12.9. The molecule has 0 bridgehead atoms. The summed E-state index contributed by atoms with van der Waals surface area (Å²) >= 11 is 0. The second-order valence-electron chi connectivity index (χ2n) is 9.60. The molecule has 1 aliphatic carbocycles. The SMILES string of the molecule is C1=Cc2c(n(C3N=C(c4cccc(-c5ccc(-c6ccccc6)cc5)c4)C=CN3)c3ccccc23)CC1. The van der Waals surface area contributed by atoms with Gasteiger partial charge in [-0.25, -0.2) is 4.99 Å². The highest BCUT2D eigenvalue weighted by Gasteiger charge is 2.23. The third-order valence-corrected chi connectivity index (χ3v) is 7.36. The Bertz CT molecular complexity index is 1680. The number of aliphatic imine (C=N–C) groups is 1. The van der Waals surface area contributed by atoms with Crippen LogP contribution in [0.1, 0.15) is 29.5 Å². The van der Waals surface area contributed by atoms with Crippen LogP contribution in [0.3, 0.4) is 0 Å². The zero-order valence-electron chi connectivity index (χ0n) is 20.5. The molecule has 1 aromatic heterocycles. The van der Waals surface area contributed by atoms with E-state index in [1.54, 1.807) is 0 Å². The molecular weight excluding hydrogens is 450 g/mol. The minimum atomic E-state index is -0.172. The Kier molecular flexibility index (Phi) is 5.32. The van der Waals surface area contributed by atoms with Crippen LogP contribution in [-0.2, 0) is 6.42 Å². The molecule has 178 valence electrons. The number of nitrogens with one attached hydrogen (secondary N) is 1. The van der Waals surface area contributed by atoms with Crippen molar-refractivity contribution in [2.75, 3.05) is 0 Å². The van der Waals surface area contributed by atoms with Crippen molar-refractivity contribution < 1.29 is 0 Å². The van der Waals surface area contributed by atoms with E-state index in [9.17, 15) is 0 Å². The Hall–Kier alpha value is -4.63. The lowest BCUT2D eigenvalue weighted by atomic mass is 9.98. The van der Waals surface area contributed by atoms with E-state index in [4.69, 9.17) is 4.99 Å². The maximum atomic E-state index is 5.20. The second kappa shape index (κ2) is 9.11. The Morgan fingerprint density at radius 2 is 1.38 bits per heavy atom. The highest BCUT2D eigenvalue weighted by Crippen LogP contribution is 2.34. The zero-order chi connectivity index (χ0) is 24.6. The number of allylic oxidation sites excluding steroid dienone is 2. The lowest BCUT2D eigenvalue weighted by Gasteiger charge is -2.24. The third kappa shape index (κ3) is 3.89. The van der Waals surface area contributed by atoms with E-state index >= 15 is 0 Å². The van der Waals surface area contributed by atoms with Gasteiger partial charge in [0.2, 0.25) is 6.29 Å². The van der Waals surface area contributed by atoms with Gasteiger partial charge in [-0.1, -0.05) is 103 Å². The number of para-hydroxylation sites is 1. The van der Waals surface area contributed by atoms with E-state index in [0.29, 0.717) is 0 Å². The van der Waals surface area contributed by atoms with Crippen molar-refractivity contribution in [1.29, 1.82) is 0 Å². The first-order chi connectivity index (χ1) is 18.3. The molecule has 1 aliphatic heterocycles. The highest BCUT2D eigenvalue weighted by molar-refractivity contribution is 6.09. The molecule has 2 aliphatic rings. The number of fused-ring (bicyclic) bond motifs is 3. The molecular formula is C34H27N3. The Morgan fingerprint density at radius 3 is 2.24 bits per heavy atom. The molecule has 2 heterocycles. The van der Waals surface area contributed by atoms with Crippen molar-refractivity contribution in [3.05, 3.63) is 138 Å². The molecule has 7 rings (SSSR count). The number of aromatic nitrogens is 1. The largest absolute Gasteiger partial charge is 0.353 e. The summed E-state index contributed by atoms with van der Waals surface area (Å²) in [7, 11) is 0. The van der Waals surface area contributed by atoms with Gasteiger partial charge in [0.05, 0.1) is 11.2 Å². The topological polar surface area (TPSA) is 29.3 Å². The summed E-state index contributed by atoms with van der Waals surface area (Å²) in [6.07, 6.45) is 10.6. The van der Waals surface area contributed by atoms with Gasteiger partial charge in [0.25, 0.3) is 0 Å². The van der Waals surface area contributed by atoms with Crippen LogP contribution >= 0.6 is 0 Å². The molecule has 0 saturated heterocycles. The van der Waals surface area contributed by atoms with Crippen LogP contribution in [0.15, 0.2) is 126 Å². The fourth-order valence-electron chi connectivity index (χ4n) is 5.56. The van der Waals surface area contributed by atoms with Crippen molar-refractivity contribution in [2.45, 2.75) is 19.1 Å². The summed E-state index contributed by atoms with van der Waals surface area (Å²) in [6, 6.07) is 36.7. The lowest BCUT2D eigenvalue weighted by molar-refractivity contribution is 0.470. The second-order valence-corrected chi connectivity index (χ2v) is 9.60. The molecule has 0 amide bonds.